The third-order valence-corrected chi connectivity index (χ3v) is 4.22. The smallest absolute Gasteiger partial charge is 0.256 e. The van der Waals surface area contributed by atoms with Crippen LogP contribution >= 0.6 is 15.9 Å². The molecule has 0 aliphatic rings. The number of carbonyl (C=O) groups is 1. The minimum Gasteiger partial charge on any atom is -0.377 e. The maximum atomic E-state index is 12.4. The van der Waals surface area contributed by atoms with Gasteiger partial charge in [0.1, 0.15) is 0 Å². The second kappa shape index (κ2) is 7.38. The summed E-state index contributed by atoms with van der Waals surface area (Å²) >= 11 is 3.47. The van der Waals surface area contributed by atoms with Gasteiger partial charge in [0.25, 0.3) is 5.91 Å². The lowest BCUT2D eigenvalue weighted by Crippen LogP contribution is -2.14. The van der Waals surface area contributed by atoms with E-state index in [1.54, 1.807) is 6.07 Å². The zero-order valence-corrected chi connectivity index (χ0v) is 13.7. The average Bonchev–Trinajstić information content (AvgIpc) is 2.49. The summed E-state index contributed by atoms with van der Waals surface area (Å²) in [5.74, 6) is -0.130. The Morgan fingerprint density at radius 1 is 1.19 bits per heavy atom. The van der Waals surface area contributed by atoms with Crippen LogP contribution in [0.25, 0.3) is 0 Å². The zero-order valence-electron chi connectivity index (χ0n) is 12.2. The summed E-state index contributed by atoms with van der Waals surface area (Å²) in [4.78, 5) is 12.4. The van der Waals surface area contributed by atoms with Crippen LogP contribution in [0.3, 0.4) is 0 Å². The van der Waals surface area contributed by atoms with Crippen LogP contribution in [-0.4, -0.2) is 12.5 Å². The molecule has 2 aromatic carbocycles. The fourth-order valence-corrected chi connectivity index (χ4v) is 2.44. The van der Waals surface area contributed by atoms with Crippen molar-refractivity contribution in [2.24, 2.45) is 0 Å². The second-order valence-corrected chi connectivity index (χ2v) is 5.48. The number of hydrogen-bond donors (Lipinski definition) is 1. The SMILES string of the molecule is CCOCc1ccccc1NC(=O)c1cccc(C)c1Br. The van der Waals surface area contributed by atoms with Gasteiger partial charge in [-0.15, -0.1) is 0 Å². The first-order valence-corrected chi connectivity index (χ1v) is 7.65. The number of anilines is 1. The molecule has 1 N–H and O–H groups in total. The Hall–Kier alpha value is -1.65. The molecule has 0 aromatic heterocycles. The van der Waals surface area contributed by atoms with Crippen LogP contribution in [0.2, 0.25) is 0 Å². The van der Waals surface area contributed by atoms with Gasteiger partial charge in [-0.3, -0.25) is 4.79 Å². The molecule has 0 bridgehead atoms. The Bertz CT molecular complexity index is 640. The van der Waals surface area contributed by atoms with Gasteiger partial charge in [-0.25, -0.2) is 0 Å². The lowest BCUT2D eigenvalue weighted by molar-refractivity contribution is 0.102. The van der Waals surface area contributed by atoms with E-state index in [1.165, 1.54) is 0 Å². The Morgan fingerprint density at radius 3 is 2.71 bits per heavy atom. The first kappa shape index (κ1) is 15.7. The number of para-hydroxylation sites is 1. The molecule has 0 unspecified atom stereocenters. The molecule has 0 saturated carbocycles. The highest BCUT2D eigenvalue weighted by Crippen LogP contribution is 2.23. The van der Waals surface area contributed by atoms with Crippen molar-refractivity contribution in [1.82, 2.24) is 0 Å². The van der Waals surface area contributed by atoms with Crippen molar-refractivity contribution in [3.63, 3.8) is 0 Å². The lowest BCUT2D eigenvalue weighted by Gasteiger charge is -2.12. The van der Waals surface area contributed by atoms with Gasteiger partial charge < -0.3 is 10.1 Å². The van der Waals surface area contributed by atoms with Crippen molar-refractivity contribution in [3.8, 4) is 0 Å². The van der Waals surface area contributed by atoms with E-state index in [9.17, 15) is 4.79 Å². The summed E-state index contributed by atoms with van der Waals surface area (Å²) in [7, 11) is 0. The molecule has 0 saturated heterocycles. The molecule has 0 aliphatic carbocycles. The van der Waals surface area contributed by atoms with Gasteiger partial charge in [-0.05, 0) is 47.5 Å². The lowest BCUT2D eigenvalue weighted by atomic mass is 10.1. The molecule has 0 heterocycles. The Labute approximate surface area is 133 Å². The minimum atomic E-state index is -0.130. The number of hydrogen-bond acceptors (Lipinski definition) is 2. The van der Waals surface area contributed by atoms with Crippen LogP contribution < -0.4 is 5.32 Å². The fourth-order valence-electron chi connectivity index (χ4n) is 1.99. The van der Waals surface area contributed by atoms with Crippen LogP contribution in [0.5, 0.6) is 0 Å². The molecule has 2 aromatic rings. The predicted octanol–water partition coefficient (Wildman–Crippen LogP) is 4.55. The summed E-state index contributed by atoms with van der Waals surface area (Å²) in [5, 5.41) is 2.95. The normalized spacial score (nSPS) is 10.4. The number of nitrogens with one attached hydrogen (secondary N) is 1. The molecule has 3 nitrogen and oxygen atoms in total. The quantitative estimate of drug-likeness (QED) is 0.861. The Balaban J connectivity index is 2.22. The number of halogens is 1. The molecule has 110 valence electrons. The molecular formula is C17H18BrNO2. The van der Waals surface area contributed by atoms with Gasteiger partial charge in [0, 0.05) is 22.3 Å². The van der Waals surface area contributed by atoms with Crippen molar-refractivity contribution in [2.75, 3.05) is 11.9 Å². The highest BCUT2D eigenvalue weighted by Gasteiger charge is 2.13. The molecule has 21 heavy (non-hydrogen) atoms. The number of ether oxygens (including phenoxy) is 1. The topological polar surface area (TPSA) is 38.3 Å². The van der Waals surface area contributed by atoms with E-state index >= 15 is 0 Å². The van der Waals surface area contributed by atoms with Gasteiger partial charge in [0.05, 0.1) is 12.2 Å². The highest BCUT2D eigenvalue weighted by atomic mass is 79.9. The van der Waals surface area contributed by atoms with Gasteiger partial charge in [0.15, 0.2) is 0 Å². The summed E-state index contributed by atoms with van der Waals surface area (Å²) < 4.78 is 6.25. The first-order chi connectivity index (χ1) is 10.1. The van der Waals surface area contributed by atoms with Crippen LogP contribution in [0.15, 0.2) is 46.9 Å². The Kier molecular flexibility index (Phi) is 5.53. The zero-order chi connectivity index (χ0) is 15.2. The molecule has 1 amide bonds. The van der Waals surface area contributed by atoms with Gasteiger partial charge in [0.2, 0.25) is 0 Å². The summed E-state index contributed by atoms with van der Waals surface area (Å²) in [5.41, 5.74) is 3.41. The van der Waals surface area contributed by atoms with E-state index in [4.69, 9.17) is 4.74 Å². The molecule has 0 atom stereocenters. The molecule has 0 radical (unpaired) electrons. The fraction of sp³-hybridized carbons (Fsp3) is 0.235. The summed E-state index contributed by atoms with van der Waals surface area (Å²) in [6, 6.07) is 13.3. The standard InChI is InChI=1S/C17H18BrNO2/c1-3-21-11-13-8-4-5-10-15(13)19-17(20)14-9-6-7-12(2)16(14)18/h4-10H,3,11H2,1-2H3,(H,19,20). The van der Waals surface area contributed by atoms with Crippen molar-refractivity contribution in [1.29, 1.82) is 0 Å². The van der Waals surface area contributed by atoms with Gasteiger partial charge >= 0.3 is 0 Å². The maximum Gasteiger partial charge on any atom is 0.256 e. The predicted molar refractivity (Wildman–Crippen MR) is 88.6 cm³/mol. The number of aryl methyl sites for hydroxylation is 1. The molecule has 2 rings (SSSR count). The first-order valence-electron chi connectivity index (χ1n) is 6.85. The molecular weight excluding hydrogens is 330 g/mol. The van der Waals surface area contributed by atoms with E-state index in [0.717, 1.165) is 21.3 Å². The van der Waals surface area contributed by atoms with Crippen LogP contribution in [0.4, 0.5) is 5.69 Å². The van der Waals surface area contributed by atoms with E-state index in [2.05, 4.69) is 21.2 Å². The number of carbonyl (C=O) groups excluding carboxylic acids is 1. The van der Waals surface area contributed by atoms with Crippen LogP contribution in [0, 0.1) is 6.92 Å². The molecule has 0 aliphatic heterocycles. The van der Waals surface area contributed by atoms with Crippen molar-refractivity contribution < 1.29 is 9.53 Å². The van der Waals surface area contributed by atoms with Crippen molar-refractivity contribution >= 4 is 27.5 Å². The molecule has 0 fully saturated rings. The van der Waals surface area contributed by atoms with Gasteiger partial charge in [-0.2, -0.15) is 0 Å². The third kappa shape index (κ3) is 3.93. The highest BCUT2D eigenvalue weighted by molar-refractivity contribution is 9.10. The maximum absolute atomic E-state index is 12.4. The van der Waals surface area contributed by atoms with E-state index in [1.807, 2.05) is 50.2 Å². The van der Waals surface area contributed by atoms with Gasteiger partial charge in [-0.1, -0.05) is 30.3 Å². The average molecular weight is 348 g/mol. The van der Waals surface area contributed by atoms with E-state index in [-0.39, 0.29) is 5.91 Å². The third-order valence-electron chi connectivity index (χ3n) is 3.16. The summed E-state index contributed by atoms with van der Waals surface area (Å²) in [6.07, 6.45) is 0. The van der Waals surface area contributed by atoms with Crippen LogP contribution in [0.1, 0.15) is 28.4 Å². The van der Waals surface area contributed by atoms with E-state index in [0.29, 0.717) is 18.8 Å². The number of benzene rings is 2. The van der Waals surface area contributed by atoms with Crippen LogP contribution in [-0.2, 0) is 11.3 Å². The summed E-state index contributed by atoms with van der Waals surface area (Å²) in [6.45, 7) is 5.04. The monoisotopic (exact) mass is 347 g/mol. The minimum absolute atomic E-state index is 0.130. The van der Waals surface area contributed by atoms with E-state index < -0.39 is 0 Å². The van der Waals surface area contributed by atoms with Crippen molar-refractivity contribution in [3.05, 3.63) is 63.6 Å². The largest absolute Gasteiger partial charge is 0.377 e. The van der Waals surface area contributed by atoms with Crippen molar-refractivity contribution in [2.45, 2.75) is 20.5 Å². The number of amides is 1. The molecule has 4 heteroatoms. The molecule has 0 spiro atoms. The number of rotatable bonds is 5. The Morgan fingerprint density at radius 2 is 1.95 bits per heavy atom. The second-order valence-electron chi connectivity index (χ2n) is 4.68.